The topological polar surface area (TPSA) is 17.1 Å². The molecule has 0 aliphatic carbocycles. The maximum absolute atomic E-state index is 12.0. The fraction of sp³-hybridized carbons (Fsp3) is 0.214. The smallest absolute Gasteiger partial charge is 0.177 e. The second kappa shape index (κ2) is 5.61. The lowest BCUT2D eigenvalue weighted by Crippen LogP contribution is -2.01. The van der Waals surface area contributed by atoms with Crippen molar-refractivity contribution in [3.63, 3.8) is 0 Å². The number of hydrogen-bond donors (Lipinski definition) is 0. The Bertz CT molecular complexity index is 513. The summed E-state index contributed by atoms with van der Waals surface area (Å²) in [6.45, 7) is 2.13. The van der Waals surface area contributed by atoms with E-state index in [2.05, 4.69) is 35.0 Å². The van der Waals surface area contributed by atoms with Crippen LogP contribution >= 0.6 is 27.3 Å². The molecule has 0 unspecified atom stereocenters. The van der Waals surface area contributed by atoms with Gasteiger partial charge in [-0.2, -0.15) is 0 Å². The van der Waals surface area contributed by atoms with Gasteiger partial charge in [0.15, 0.2) is 5.78 Å². The fourth-order valence-corrected chi connectivity index (χ4v) is 2.99. The van der Waals surface area contributed by atoms with Gasteiger partial charge in [0.25, 0.3) is 0 Å². The van der Waals surface area contributed by atoms with Gasteiger partial charge >= 0.3 is 0 Å². The molecule has 0 radical (unpaired) electrons. The van der Waals surface area contributed by atoms with E-state index in [-0.39, 0.29) is 5.78 Å². The van der Waals surface area contributed by atoms with Gasteiger partial charge in [0.2, 0.25) is 0 Å². The summed E-state index contributed by atoms with van der Waals surface area (Å²) < 4.78 is 0.979. The summed E-state index contributed by atoms with van der Waals surface area (Å²) in [6, 6.07) is 10.1. The minimum atomic E-state index is 0.185. The molecule has 0 atom stereocenters. The molecule has 0 saturated carbocycles. The zero-order valence-electron chi connectivity index (χ0n) is 9.57. The lowest BCUT2D eigenvalue weighted by molar-refractivity contribution is 0.0997. The molecule has 0 spiro atoms. The van der Waals surface area contributed by atoms with Crippen molar-refractivity contribution >= 4 is 33.0 Å². The normalized spacial score (nSPS) is 10.5. The Morgan fingerprint density at radius 3 is 2.41 bits per heavy atom. The number of halogens is 1. The molecule has 0 aliphatic rings. The number of thiophene rings is 1. The van der Waals surface area contributed by atoms with E-state index < -0.39 is 0 Å². The first-order chi connectivity index (χ1) is 8.19. The zero-order chi connectivity index (χ0) is 12.3. The van der Waals surface area contributed by atoms with E-state index in [1.165, 1.54) is 16.9 Å². The van der Waals surface area contributed by atoms with Crippen molar-refractivity contribution < 1.29 is 4.79 Å². The monoisotopic (exact) mass is 308 g/mol. The second-order valence-electron chi connectivity index (χ2n) is 3.90. The van der Waals surface area contributed by atoms with Crippen LogP contribution in [0, 0.1) is 0 Å². The first-order valence-electron chi connectivity index (χ1n) is 5.54. The summed E-state index contributed by atoms with van der Waals surface area (Å²) in [5, 5.41) is 1.94. The molecule has 0 amide bonds. The maximum Gasteiger partial charge on any atom is 0.177 e. The fourth-order valence-electron chi connectivity index (χ4n) is 1.62. The molecular formula is C14H13BrOS. The molecular weight excluding hydrogens is 296 g/mol. The number of benzene rings is 1. The van der Waals surface area contributed by atoms with Crippen molar-refractivity contribution in [2.45, 2.75) is 19.8 Å². The van der Waals surface area contributed by atoms with Crippen LogP contribution in [0.25, 0.3) is 0 Å². The molecule has 1 nitrogen and oxygen atoms in total. The summed E-state index contributed by atoms with van der Waals surface area (Å²) in [5.74, 6) is 0.185. The molecule has 1 heterocycles. The molecule has 1 aromatic heterocycles. The quantitative estimate of drug-likeness (QED) is 0.760. The van der Waals surface area contributed by atoms with Crippen LogP contribution in [0.4, 0.5) is 0 Å². The number of hydrogen-bond acceptors (Lipinski definition) is 2. The van der Waals surface area contributed by atoms with E-state index in [1.807, 2.05) is 23.6 Å². The highest BCUT2D eigenvalue weighted by molar-refractivity contribution is 9.10. The largest absolute Gasteiger partial charge is 0.293 e. The van der Waals surface area contributed by atoms with Crippen LogP contribution in [-0.4, -0.2) is 5.78 Å². The Morgan fingerprint density at radius 1 is 1.24 bits per heavy atom. The average molecular weight is 309 g/mol. The highest BCUT2D eigenvalue weighted by atomic mass is 79.9. The van der Waals surface area contributed by atoms with Gasteiger partial charge in [-0.1, -0.05) is 31.2 Å². The van der Waals surface area contributed by atoms with Gasteiger partial charge < -0.3 is 0 Å². The van der Waals surface area contributed by atoms with Crippen molar-refractivity contribution in [1.82, 2.24) is 0 Å². The number of carbonyl (C=O) groups excluding carboxylic acids is 1. The summed E-state index contributed by atoms with van der Waals surface area (Å²) in [7, 11) is 0. The van der Waals surface area contributed by atoms with Crippen molar-refractivity contribution in [1.29, 1.82) is 0 Å². The Hall–Kier alpha value is -0.930. The summed E-state index contributed by atoms with van der Waals surface area (Å²) >= 11 is 4.85. The molecule has 0 bridgehead atoms. The van der Waals surface area contributed by atoms with E-state index in [0.717, 1.165) is 21.3 Å². The number of Topliss-reactive ketones (excluding diaryl/α,β-unsaturated/α-hetero) is 1. The molecule has 1 aromatic carbocycles. The third-order valence-electron chi connectivity index (χ3n) is 2.64. The van der Waals surface area contributed by atoms with E-state index in [9.17, 15) is 4.79 Å². The minimum absolute atomic E-state index is 0.185. The van der Waals surface area contributed by atoms with Crippen LogP contribution < -0.4 is 0 Å². The highest BCUT2D eigenvalue weighted by Crippen LogP contribution is 2.21. The molecule has 17 heavy (non-hydrogen) atoms. The lowest BCUT2D eigenvalue weighted by atomic mass is 10.1. The first-order valence-corrected chi connectivity index (χ1v) is 7.21. The predicted octanol–water partition coefficient (Wildman–Crippen LogP) is 4.50. The maximum atomic E-state index is 12.0. The van der Waals surface area contributed by atoms with Gasteiger partial charge in [0.1, 0.15) is 0 Å². The van der Waals surface area contributed by atoms with Crippen LogP contribution in [0.5, 0.6) is 0 Å². The van der Waals surface area contributed by atoms with E-state index in [0.29, 0.717) is 6.42 Å². The van der Waals surface area contributed by atoms with E-state index in [4.69, 9.17) is 0 Å². The second-order valence-corrected chi connectivity index (χ2v) is 5.73. The van der Waals surface area contributed by atoms with Gasteiger partial charge in [0, 0.05) is 16.3 Å². The molecule has 0 fully saturated rings. The van der Waals surface area contributed by atoms with Crippen molar-refractivity contribution in [3.8, 4) is 0 Å². The highest BCUT2D eigenvalue weighted by Gasteiger charge is 2.09. The van der Waals surface area contributed by atoms with Crippen LogP contribution in [0.2, 0.25) is 0 Å². The van der Waals surface area contributed by atoms with E-state index >= 15 is 0 Å². The third kappa shape index (κ3) is 3.27. The van der Waals surface area contributed by atoms with Gasteiger partial charge in [0.05, 0.1) is 4.88 Å². The Balaban J connectivity index is 2.07. The van der Waals surface area contributed by atoms with Crippen molar-refractivity contribution in [2.24, 2.45) is 0 Å². The molecule has 0 aliphatic heterocycles. The summed E-state index contributed by atoms with van der Waals surface area (Å²) in [6.07, 6.45) is 1.52. The van der Waals surface area contributed by atoms with Crippen molar-refractivity contribution in [2.75, 3.05) is 0 Å². The van der Waals surface area contributed by atoms with Crippen LogP contribution in [0.3, 0.4) is 0 Å². The molecule has 0 saturated heterocycles. The van der Waals surface area contributed by atoms with Crippen molar-refractivity contribution in [3.05, 3.63) is 56.2 Å². The number of aryl methyl sites for hydroxylation is 1. The summed E-state index contributed by atoms with van der Waals surface area (Å²) in [4.78, 5) is 12.8. The Labute approximate surface area is 114 Å². The van der Waals surface area contributed by atoms with E-state index in [1.54, 1.807) is 0 Å². The zero-order valence-corrected chi connectivity index (χ0v) is 12.0. The Kier molecular flexibility index (Phi) is 4.13. The third-order valence-corrected chi connectivity index (χ3v) is 4.37. The Morgan fingerprint density at radius 2 is 1.88 bits per heavy atom. The number of carbonyl (C=O) groups is 1. The van der Waals surface area contributed by atoms with Crippen LogP contribution in [0.1, 0.15) is 27.7 Å². The lowest BCUT2D eigenvalue weighted by Gasteiger charge is -2.01. The van der Waals surface area contributed by atoms with Crippen LogP contribution in [-0.2, 0) is 12.8 Å². The first kappa shape index (κ1) is 12.5. The van der Waals surface area contributed by atoms with Gasteiger partial charge in [-0.25, -0.2) is 0 Å². The predicted molar refractivity (Wildman–Crippen MR) is 75.9 cm³/mol. The molecule has 0 N–H and O–H groups in total. The van der Waals surface area contributed by atoms with Gasteiger partial charge in [-0.3, -0.25) is 4.79 Å². The number of ketones is 1. The minimum Gasteiger partial charge on any atom is -0.293 e. The standard InChI is InChI=1S/C14H13BrOS/c1-2-10-3-5-11(6-4-10)7-13(16)14-8-12(15)9-17-14/h3-6,8-9H,2,7H2,1H3. The van der Waals surface area contributed by atoms with Crippen LogP contribution in [0.15, 0.2) is 40.2 Å². The molecule has 88 valence electrons. The SMILES string of the molecule is CCc1ccc(CC(=O)c2cc(Br)cs2)cc1. The summed E-state index contributed by atoms with van der Waals surface area (Å²) in [5.41, 5.74) is 2.39. The van der Waals surface area contributed by atoms with Gasteiger partial charge in [-0.15, -0.1) is 11.3 Å². The molecule has 2 rings (SSSR count). The molecule has 3 heteroatoms. The van der Waals surface area contributed by atoms with Gasteiger partial charge in [-0.05, 0) is 39.5 Å². The average Bonchev–Trinajstić information content (AvgIpc) is 2.77. The number of rotatable bonds is 4. The molecule has 2 aromatic rings.